The maximum Gasteiger partial charge on any atom is 0.166 e. The third-order valence-electron chi connectivity index (χ3n) is 3.49. The number of aromatic nitrogens is 2. The van der Waals surface area contributed by atoms with Crippen LogP contribution in [0.4, 0.5) is 0 Å². The number of fused-ring (bicyclic) bond motifs is 1. The number of aryl methyl sites for hydroxylation is 2. The topological polar surface area (TPSA) is 42.9 Å². The van der Waals surface area contributed by atoms with E-state index in [1.165, 1.54) is 10.5 Å². The quantitative estimate of drug-likeness (QED) is 0.808. The van der Waals surface area contributed by atoms with Crippen molar-refractivity contribution in [3.8, 4) is 0 Å². The Morgan fingerprint density at radius 1 is 1.25 bits per heavy atom. The van der Waals surface area contributed by atoms with Crippen LogP contribution in [0.25, 0.3) is 0 Å². The second-order valence-corrected chi connectivity index (χ2v) is 5.99. The number of carbonyl (C=O) groups is 1. The lowest BCUT2D eigenvalue weighted by Gasteiger charge is -2.13. The molecule has 1 aromatic carbocycles. The highest BCUT2D eigenvalue weighted by Gasteiger charge is 2.19. The van der Waals surface area contributed by atoms with Crippen LogP contribution in [0, 0.1) is 6.92 Å². The van der Waals surface area contributed by atoms with Gasteiger partial charge in [-0.2, -0.15) is 0 Å². The molecule has 2 aromatic rings. The fourth-order valence-corrected chi connectivity index (χ4v) is 3.26. The van der Waals surface area contributed by atoms with E-state index in [2.05, 4.69) is 29.0 Å². The molecule has 1 aromatic heterocycles. The van der Waals surface area contributed by atoms with Crippen LogP contribution in [0.15, 0.2) is 35.4 Å². The monoisotopic (exact) mass is 284 g/mol. The van der Waals surface area contributed by atoms with Gasteiger partial charge < -0.3 is 0 Å². The maximum atomic E-state index is 11.7. The summed E-state index contributed by atoms with van der Waals surface area (Å²) < 4.78 is 0. The van der Waals surface area contributed by atoms with Gasteiger partial charge in [0.05, 0.1) is 17.0 Å². The molecule has 1 heterocycles. The average molecular weight is 284 g/mol. The lowest BCUT2D eigenvalue weighted by atomic mass is 9.96. The number of carbonyl (C=O) groups excluding carboxylic acids is 1. The minimum absolute atomic E-state index is 0.185. The minimum atomic E-state index is 0.185. The number of benzene rings is 1. The van der Waals surface area contributed by atoms with E-state index in [0.29, 0.717) is 6.42 Å². The number of hydrogen-bond acceptors (Lipinski definition) is 4. The van der Waals surface area contributed by atoms with Crippen LogP contribution in [0.2, 0.25) is 0 Å². The molecule has 0 saturated carbocycles. The Bertz CT molecular complexity index is 655. The first kappa shape index (κ1) is 13.3. The molecule has 3 rings (SSSR count). The second kappa shape index (κ2) is 5.75. The molecule has 0 atom stereocenters. The van der Waals surface area contributed by atoms with Gasteiger partial charge in [-0.3, -0.25) is 4.79 Å². The van der Waals surface area contributed by atoms with E-state index in [-0.39, 0.29) is 5.78 Å². The molecule has 20 heavy (non-hydrogen) atoms. The Labute approximate surface area is 122 Å². The van der Waals surface area contributed by atoms with Gasteiger partial charge in [0.15, 0.2) is 5.78 Å². The third kappa shape index (κ3) is 2.75. The molecule has 4 heteroatoms. The predicted molar refractivity (Wildman–Crippen MR) is 80.0 cm³/mol. The number of hydrogen-bond donors (Lipinski definition) is 0. The summed E-state index contributed by atoms with van der Waals surface area (Å²) in [5.41, 5.74) is 2.92. The molecule has 0 saturated heterocycles. The molecule has 1 aliphatic carbocycles. The first-order valence-corrected chi connectivity index (χ1v) is 7.79. The van der Waals surface area contributed by atoms with Crippen LogP contribution in [0.3, 0.4) is 0 Å². The number of nitrogens with zero attached hydrogens (tertiary/aromatic N) is 2. The van der Waals surface area contributed by atoms with E-state index in [1.54, 1.807) is 18.0 Å². The molecule has 0 fully saturated rings. The van der Waals surface area contributed by atoms with Gasteiger partial charge in [-0.05, 0) is 31.4 Å². The Kier molecular flexibility index (Phi) is 3.83. The maximum absolute atomic E-state index is 11.7. The van der Waals surface area contributed by atoms with Gasteiger partial charge in [0, 0.05) is 17.5 Å². The van der Waals surface area contributed by atoms with Crippen molar-refractivity contribution in [3.05, 3.63) is 53.1 Å². The normalized spacial score (nSPS) is 14.2. The first-order chi connectivity index (χ1) is 9.74. The molecule has 0 spiro atoms. The van der Waals surface area contributed by atoms with Crippen molar-refractivity contribution >= 4 is 17.5 Å². The average Bonchev–Trinajstić information content (AvgIpc) is 2.46. The Hall–Kier alpha value is -1.68. The van der Waals surface area contributed by atoms with Gasteiger partial charge in [-0.15, -0.1) is 11.8 Å². The zero-order valence-electron chi connectivity index (χ0n) is 11.4. The van der Waals surface area contributed by atoms with E-state index >= 15 is 0 Å². The predicted octanol–water partition coefficient (Wildman–Crippen LogP) is 3.60. The van der Waals surface area contributed by atoms with Crippen molar-refractivity contribution < 1.29 is 4.79 Å². The Balaban J connectivity index is 1.76. The Morgan fingerprint density at radius 3 is 2.95 bits per heavy atom. The SMILES string of the molecule is Cc1ccccc1SCc1ncc2c(n1)CCCC2=O. The highest BCUT2D eigenvalue weighted by atomic mass is 32.2. The molecule has 0 aliphatic heterocycles. The van der Waals surface area contributed by atoms with Gasteiger partial charge in [-0.25, -0.2) is 9.97 Å². The minimum Gasteiger partial charge on any atom is -0.294 e. The van der Waals surface area contributed by atoms with Gasteiger partial charge >= 0.3 is 0 Å². The first-order valence-electron chi connectivity index (χ1n) is 6.80. The van der Waals surface area contributed by atoms with E-state index < -0.39 is 0 Å². The van der Waals surface area contributed by atoms with Gasteiger partial charge in [0.25, 0.3) is 0 Å². The summed E-state index contributed by atoms with van der Waals surface area (Å²) in [6.45, 7) is 2.11. The molecule has 0 amide bonds. The van der Waals surface area contributed by atoms with Crippen molar-refractivity contribution in [3.63, 3.8) is 0 Å². The molecule has 0 radical (unpaired) electrons. The van der Waals surface area contributed by atoms with Crippen molar-refractivity contribution in [1.29, 1.82) is 0 Å². The smallest absolute Gasteiger partial charge is 0.166 e. The summed E-state index contributed by atoms with van der Waals surface area (Å²) in [6, 6.07) is 8.30. The van der Waals surface area contributed by atoms with Crippen LogP contribution < -0.4 is 0 Å². The third-order valence-corrected chi connectivity index (χ3v) is 4.66. The molecular weight excluding hydrogens is 268 g/mol. The summed E-state index contributed by atoms with van der Waals surface area (Å²) in [5, 5.41) is 0. The molecule has 0 N–H and O–H groups in total. The molecule has 0 bridgehead atoms. The fraction of sp³-hybridized carbons (Fsp3) is 0.312. The van der Waals surface area contributed by atoms with E-state index in [4.69, 9.17) is 0 Å². The van der Waals surface area contributed by atoms with Crippen molar-refractivity contribution in [2.45, 2.75) is 36.8 Å². The molecule has 0 unspecified atom stereocenters. The van der Waals surface area contributed by atoms with Crippen molar-refractivity contribution in [2.75, 3.05) is 0 Å². The number of thioether (sulfide) groups is 1. The summed E-state index contributed by atoms with van der Waals surface area (Å²) in [6.07, 6.45) is 4.14. The summed E-state index contributed by atoms with van der Waals surface area (Å²) in [4.78, 5) is 21.9. The lowest BCUT2D eigenvalue weighted by Crippen LogP contribution is -2.14. The second-order valence-electron chi connectivity index (χ2n) is 4.98. The van der Waals surface area contributed by atoms with Crippen LogP contribution in [0.1, 0.15) is 40.3 Å². The Morgan fingerprint density at radius 2 is 2.10 bits per heavy atom. The van der Waals surface area contributed by atoms with E-state index in [9.17, 15) is 4.79 Å². The highest BCUT2D eigenvalue weighted by Crippen LogP contribution is 2.25. The standard InChI is InChI=1S/C16H16N2OS/c1-11-5-2-3-8-15(11)20-10-16-17-9-12-13(18-16)6-4-7-14(12)19/h2-3,5,8-9H,4,6-7,10H2,1H3. The summed E-state index contributed by atoms with van der Waals surface area (Å²) >= 11 is 1.74. The van der Waals surface area contributed by atoms with Crippen LogP contribution in [-0.4, -0.2) is 15.8 Å². The van der Waals surface area contributed by atoms with Gasteiger partial charge in [-0.1, -0.05) is 18.2 Å². The van der Waals surface area contributed by atoms with Gasteiger partial charge in [0.2, 0.25) is 0 Å². The van der Waals surface area contributed by atoms with Crippen LogP contribution in [0.5, 0.6) is 0 Å². The lowest BCUT2D eigenvalue weighted by molar-refractivity contribution is 0.0971. The summed E-state index contributed by atoms with van der Waals surface area (Å²) in [5.74, 6) is 1.74. The van der Waals surface area contributed by atoms with Crippen molar-refractivity contribution in [2.24, 2.45) is 0 Å². The van der Waals surface area contributed by atoms with E-state index in [1.807, 2.05) is 12.1 Å². The fourth-order valence-electron chi connectivity index (χ4n) is 2.36. The summed E-state index contributed by atoms with van der Waals surface area (Å²) in [7, 11) is 0. The zero-order chi connectivity index (χ0) is 13.9. The number of Topliss-reactive ketones (excluding diaryl/α,β-unsaturated/α-hetero) is 1. The van der Waals surface area contributed by atoms with Crippen LogP contribution >= 0.6 is 11.8 Å². The van der Waals surface area contributed by atoms with Crippen molar-refractivity contribution in [1.82, 2.24) is 9.97 Å². The van der Waals surface area contributed by atoms with Crippen LogP contribution in [-0.2, 0) is 12.2 Å². The molecule has 3 nitrogen and oxygen atoms in total. The van der Waals surface area contributed by atoms with E-state index in [0.717, 1.165) is 35.7 Å². The molecule has 1 aliphatic rings. The molecular formula is C16H16N2OS. The van der Waals surface area contributed by atoms with Gasteiger partial charge in [0.1, 0.15) is 5.82 Å². The largest absolute Gasteiger partial charge is 0.294 e. The number of rotatable bonds is 3. The molecule has 102 valence electrons. The zero-order valence-corrected chi connectivity index (χ0v) is 12.2. The number of ketones is 1. The highest BCUT2D eigenvalue weighted by molar-refractivity contribution is 7.98.